The minimum atomic E-state index is -0.152. The third-order valence-electron chi connectivity index (χ3n) is 4.61. The Morgan fingerprint density at radius 3 is 2.67 bits per heavy atom. The number of rotatable bonds is 7. The zero-order chi connectivity index (χ0) is 19.1. The Bertz CT molecular complexity index is 745. The fourth-order valence-corrected chi connectivity index (χ4v) is 3.28. The van der Waals surface area contributed by atoms with Crippen LogP contribution in [0.4, 0.5) is 0 Å². The quantitative estimate of drug-likeness (QED) is 0.791. The zero-order valence-electron chi connectivity index (χ0n) is 15.5. The number of halogens is 1. The Morgan fingerprint density at radius 2 is 1.96 bits per heavy atom. The molecule has 1 N–H and O–H groups in total. The first kappa shape index (κ1) is 19.7. The SMILES string of the molecule is Cc1ccc([C@H](CNC(=O)COc2cccc(Cl)c2)N2CCOCC2)cc1. The second-order valence-corrected chi connectivity index (χ2v) is 7.06. The maximum absolute atomic E-state index is 12.3. The van der Waals surface area contributed by atoms with Gasteiger partial charge in [0.05, 0.1) is 19.3 Å². The van der Waals surface area contributed by atoms with Gasteiger partial charge in [0, 0.05) is 24.7 Å². The molecule has 1 atom stereocenters. The molecule has 2 aromatic carbocycles. The first-order valence-electron chi connectivity index (χ1n) is 9.15. The van der Waals surface area contributed by atoms with Crippen LogP contribution in [0.5, 0.6) is 5.75 Å². The summed E-state index contributed by atoms with van der Waals surface area (Å²) in [6.45, 7) is 5.70. The molecule has 1 heterocycles. The normalized spacial score (nSPS) is 15.9. The molecule has 0 aliphatic carbocycles. The van der Waals surface area contributed by atoms with E-state index < -0.39 is 0 Å². The fraction of sp³-hybridized carbons (Fsp3) is 0.381. The van der Waals surface area contributed by atoms with Crippen LogP contribution < -0.4 is 10.1 Å². The Kier molecular flexibility index (Phi) is 7.10. The average Bonchev–Trinajstić information content (AvgIpc) is 2.69. The third-order valence-corrected chi connectivity index (χ3v) is 4.84. The van der Waals surface area contributed by atoms with E-state index in [0.717, 1.165) is 13.1 Å². The number of hydrogen-bond donors (Lipinski definition) is 1. The summed E-state index contributed by atoms with van der Waals surface area (Å²) < 4.78 is 11.0. The first-order valence-corrected chi connectivity index (χ1v) is 9.53. The molecule has 0 unspecified atom stereocenters. The molecule has 1 aliphatic rings. The van der Waals surface area contributed by atoms with E-state index in [2.05, 4.69) is 41.4 Å². The Balaban J connectivity index is 1.58. The molecule has 1 fully saturated rings. The first-order chi connectivity index (χ1) is 13.1. The summed E-state index contributed by atoms with van der Waals surface area (Å²) >= 11 is 5.93. The van der Waals surface area contributed by atoms with Gasteiger partial charge in [0.15, 0.2) is 6.61 Å². The predicted molar refractivity (Wildman–Crippen MR) is 106 cm³/mol. The smallest absolute Gasteiger partial charge is 0.258 e. The molecule has 0 radical (unpaired) electrons. The van der Waals surface area contributed by atoms with Crippen LogP contribution in [0.1, 0.15) is 17.2 Å². The van der Waals surface area contributed by atoms with Crippen molar-refractivity contribution in [3.63, 3.8) is 0 Å². The molecule has 144 valence electrons. The van der Waals surface area contributed by atoms with Gasteiger partial charge in [-0.25, -0.2) is 0 Å². The van der Waals surface area contributed by atoms with Crippen LogP contribution >= 0.6 is 11.6 Å². The van der Waals surface area contributed by atoms with E-state index >= 15 is 0 Å². The van der Waals surface area contributed by atoms with Crippen molar-refractivity contribution in [2.24, 2.45) is 0 Å². The lowest BCUT2D eigenvalue weighted by Gasteiger charge is -2.35. The number of carbonyl (C=O) groups excluding carboxylic acids is 1. The second kappa shape index (κ2) is 9.74. The van der Waals surface area contributed by atoms with Crippen molar-refractivity contribution in [1.82, 2.24) is 10.2 Å². The molecular formula is C21H25ClN2O3. The Hall–Kier alpha value is -2.08. The minimum Gasteiger partial charge on any atom is -0.484 e. The van der Waals surface area contributed by atoms with Crippen molar-refractivity contribution in [2.75, 3.05) is 39.5 Å². The number of hydrogen-bond acceptors (Lipinski definition) is 4. The van der Waals surface area contributed by atoms with E-state index in [-0.39, 0.29) is 18.6 Å². The summed E-state index contributed by atoms with van der Waals surface area (Å²) in [6.07, 6.45) is 0. The van der Waals surface area contributed by atoms with Crippen LogP contribution in [0, 0.1) is 6.92 Å². The largest absolute Gasteiger partial charge is 0.484 e. The number of amides is 1. The number of morpholine rings is 1. The topological polar surface area (TPSA) is 50.8 Å². The van der Waals surface area contributed by atoms with Crippen LogP contribution in [0.3, 0.4) is 0 Å². The van der Waals surface area contributed by atoms with Crippen LogP contribution in [0.25, 0.3) is 0 Å². The Labute approximate surface area is 165 Å². The van der Waals surface area contributed by atoms with Gasteiger partial charge in [0.2, 0.25) is 0 Å². The van der Waals surface area contributed by atoms with Gasteiger partial charge in [-0.15, -0.1) is 0 Å². The van der Waals surface area contributed by atoms with Crippen LogP contribution in [-0.4, -0.2) is 50.3 Å². The van der Waals surface area contributed by atoms with Gasteiger partial charge in [-0.05, 0) is 30.7 Å². The van der Waals surface area contributed by atoms with Crippen LogP contribution in [0.15, 0.2) is 48.5 Å². The van der Waals surface area contributed by atoms with Crippen LogP contribution in [0.2, 0.25) is 5.02 Å². The average molecular weight is 389 g/mol. The highest BCUT2D eigenvalue weighted by molar-refractivity contribution is 6.30. The number of nitrogens with one attached hydrogen (secondary N) is 1. The predicted octanol–water partition coefficient (Wildman–Crippen LogP) is 3.22. The number of benzene rings is 2. The third kappa shape index (κ3) is 5.96. The molecular weight excluding hydrogens is 364 g/mol. The molecule has 1 amide bonds. The molecule has 1 aliphatic heterocycles. The highest BCUT2D eigenvalue weighted by atomic mass is 35.5. The van der Waals surface area contributed by atoms with E-state index in [9.17, 15) is 4.79 Å². The minimum absolute atomic E-state index is 0.0376. The van der Waals surface area contributed by atoms with E-state index in [1.54, 1.807) is 24.3 Å². The molecule has 6 heteroatoms. The second-order valence-electron chi connectivity index (χ2n) is 6.62. The van der Waals surface area contributed by atoms with E-state index in [1.165, 1.54) is 11.1 Å². The number of aryl methyl sites for hydroxylation is 1. The summed E-state index contributed by atoms with van der Waals surface area (Å²) in [5.74, 6) is 0.432. The van der Waals surface area contributed by atoms with Crippen molar-refractivity contribution in [1.29, 1.82) is 0 Å². The van der Waals surface area contributed by atoms with Crippen molar-refractivity contribution in [3.05, 3.63) is 64.7 Å². The zero-order valence-corrected chi connectivity index (χ0v) is 16.2. The van der Waals surface area contributed by atoms with Gasteiger partial charge >= 0.3 is 0 Å². The molecule has 27 heavy (non-hydrogen) atoms. The molecule has 2 aromatic rings. The Morgan fingerprint density at radius 1 is 1.22 bits per heavy atom. The summed E-state index contributed by atoms with van der Waals surface area (Å²) in [4.78, 5) is 14.6. The maximum Gasteiger partial charge on any atom is 0.258 e. The maximum atomic E-state index is 12.3. The summed E-state index contributed by atoms with van der Waals surface area (Å²) in [5, 5.41) is 3.58. The molecule has 5 nitrogen and oxygen atoms in total. The van der Waals surface area contributed by atoms with Gasteiger partial charge in [-0.2, -0.15) is 0 Å². The highest BCUT2D eigenvalue weighted by Gasteiger charge is 2.23. The lowest BCUT2D eigenvalue weighted by molar-refractivity contribution is -0.123. The van der Waals surface area contributed by atoms with Crippen molar-refractivity contribution >= 4 is 17.5 Å². The van der Waals surface area contributed by atoms with Crippen molar-refractivity contribution in [2.45, 2.75) is 13.0 Å². The van der Waals surface area contributed by atoms with Crippen LogP contribution in [-0.2, 0) is 9.53 Å². The number of nitrogens with zero attached hydrogens (tertiary/aromatic N) is 1. The summed E-state index contributed by atoms with van der Waals surface area (Å²) in [5.41, 5.74) is 2.41. The number of ether oxygens (including phenoxy) is 2. The van der Waals surface area contributed by atoms with Gasteiger partial charge in [0.25, 0.3) is 5.91 Å². The number of carbonyl (C=O) groups is 1. The molecule has 3 rings (SSSR count). The molecule has 0 aromatic heterocycles. The lowest BCUT2D eigenvalue weighted by atomic mass is 10.0. The monoisotopic (exact) mass is 388 g/mol. The van der Waals surface area contributed by atoms with E-state index in [0.29, 0.717) is 30.5 Å². The summed E-state index contributed by atoms with van der Waals surface area (Å²) in [7, 11) is 0. The molecule has 0 saturated carbocycles. The van der Waals surface area contributed by atoms with Crippen molar-refractivity contribution < 1.29 is 14.3 Å². The van der Waals surface area contributed by atoms with Gasteiger partial charge in [-0.1, -0.05) is 47.5 Å². The molecule has 0 bridgehead atoms. The lowest BCUT2D eigenvalue weighted by Crippen LogP contribution is -2.44. The van der Waals surface area contributed by atoms with E-state index in [4.69, 9.17) is 21.1 Å². The standard InChI is InChI=1S/C21H25ClN2O3/c1-16-5-7-17(8-6-16)20(24-9-11-26-12-10-24)14-23-21(25)15-27-19-4-2-3-18(22)13-19/h2-8,13,20H,9-12,14-15H2,1H3,(H,23,25)/t20-/m0/s1. The highest BCUT2D eigenvalue weighted by Crippen LogP contribution is 2.22. The van der Waals surface area contributed by atoms with Crippen molar-refractivity contribution in [3.8, 4) is 5.75 Å². The fourth-order valence-electron chi connectivity index (χ4n) is 3.10. The van der Waals surface area contributed by atoms with Gasteiger partial charge < -0.3 is 14.8 Å². The van der Waals surface area contributed by atoms with Gasteiger partial charge in [0.1, 0.15) is 5.75 Å². The van der Waals surface area contributed by atoms with E-state index in [1.807, 2.05) is 0 Å². The van der Waals surface area contributed by atoms with Gasteiger partial charge in [-0.3, -0.25) is 9.69 Å². The molecule has 0 spiro atoms. The summed E-state index contributed by atoms with van der Waals surface area (Å²) in [6, 6.07) is 15.6. The molecule has 1 saturated heterocycles.